The Labute approximate surface area is 249 Å². The van der Waals surface area contributed by atoms with Crippen molar-refractivity contribution in [3.63, 3.8) is 0 Å². The number of esters is 1. The van der Waals surface area contributed by atoms with Crippen molar-refractivity contribution in [3.8, 4) is 0 Å². The SMILES string of the molecule is CCCCCCCCCCCCOC(=O)C[C@H](CC(=O)[C@]1(C(C)C)CC(c2nccc3ccccc23)=NO1)C(=O)CF. The lowest BCUT2D eigenvalue weighted by Crippen LogP contribution is -2.45. The first-order valence-electron chi connectivity index (χ1n) is 15.7. The number of benzene rings is 1. The Morgan fingerprint density at radius 2 is 1.62 bits per heavy atom. The number of nitrogens with zero attached hydrogens (tertiary/aromatic N) is 2. The molecule has 7 nitrogen and oxygen atoms in total. The third-order valence-corrected chi connectivity index (χ3v) is 8.29. The highest BCUT2D eigenvalue weighted by atomic mass is 19.1. The minimum absolute atomic E-state index is 0.171. The number of fused-ring (bicyclic) bond motifs is 1. The summed E-state index contributed by atoms with van der Waals surface area (Å²) in [6.07, 6.45) is 12.9. The molecule has 3 rings (SSSR count). The second-order valence-electron chi connectivity index (χ2n) is 11.8. The number of aromatic nitrogens is 1. The first-order valence-corrected chi connectivity index (χ1v) is 15.7. The van der Waals surface area contributed by atoms with E-state index in [0.29, 0.717) is 11.4 Å². The van der Waals surface area contributed by atoms with Gasteiger partial charge in [0.1, 0.15) is 12.4 Å². The van der Waals surface area contributed by atoms with Crippen molar-refractivity contribution < 1.29 is 28.3 Å². The molecule has 0 aliphatic carbocycles. The van der Waals surface area contributed by atoms with E-state index < -0.39 is 29.9 Å². The molecule has 0 unspecified atom stereocenters. The highest BCUT2D eigenvalue weighted by molar-refractivity contribution is 6.12. The van der Waals surface area contributed by atoms with Crippen molar-refractivity contribution in [1.82, 2.24) is 4.98 Å². The van der Waals surface area contributed by atoms with E-state index in [1.54, 1.807) is 6.20 Å². The molecule has 8 heteroatoms. The summed E-state index contributed by atoms with van der Waals surface area (Å²) in [5.41, 5.74) is -0.156. The molecule has 0 amide bonds. The fraction of sp³-hybridized carbons (Fsp3) is 0.618. The molecule has 1 aliphatic rings. The van der Waals surface area contributed by atoms with Gasteiger partial charge in [-0.3, -0.25) is 19.4 Å². The molecular formula is C34H47FN2O5. The second-order valence-corrected chi connectivity index (χ2v) is 11.8. The highest BCUT2D eigenvalue weighted by Gasteiger charge is 2.50. The average molecular weight is 583 g/mol. The van der Waals surface area contributed by atoms with Crippen LogP contribution in [0, 0.1) is 11.8 Å². The summed E-state index contributed by atoms with van der Waals surface area (Å²) in [4.78, 5) is 49.0. The maximum Gasteiger partial charge on any atom is 0.306 e. The summed E-state index contributed by atoms with van der Waals surface area (Å²) < 4.78 is 18.8. The molecule has 0 spiro atoms. The zero-order valence-electron chi connectivity index (χ0n) is 25.5. The average Bonchev–Trinajstić information content (AvgIpc) is 3.46. The van der Waals surface area contributed by atoms with E-state index in [9.17, 15) is 18.8 Å². The van der Waals surface area contributed by atoms with Crippen LogP contribution in [0.2, 0.25) is 0 Å². The maximum absolute atomic E-state index is 13.7. The van der Waals surface area contributed by atoms with Crippen LogP contribution in [0.25, 0.3) is 10.8 Å². The number of ketones is 2. The lowest BCUT2D eigenvalue weighted by atomic mass is 9.77. The van der Waals surface area contributed by atoms with Crippen LogP contribution in [0.3, 0.4) is 0 Å². The second kappa shape index (κ2) is 17.1. The number of hydrogen-bond acceptors (Lipinski definition) is 7. The molecule has 42 heavy (non-hydrogen) atoms. The molecule has 2 heterocycles. The number of unbranched alkanes of at least 4 members (excludes halogenated alkanes) is 9. The Hall–Kier alpha value is -3.16. The van der Waals surface area contributed by atoms with Crippen molar-refractivity contribution >= 4 is 34.0 Å². The van der Waals surface area contributed by atoms with Crippen LogP contribution in [0.1, 0.15) is 110 Å². The van der Waals surface area contributed by atoms with Gasteiger partial charge >= 0.3 is 5.97 Å². The summed E-state index contributed by atoms with van der Waals surface area (Å²) in [5.74, 6) is -3.15. The van der Waals surface area contributed by atoms with Gasteiger partial charge in [-0.1, -0.05) is 108 Å². The Kier molecular flexibility index (Phi) is 13.6. The summed E-state index contributed by atoms with van der Waals surface area (Å²) >= 11 is 0. The highest BCUT2D eigenvalue weighted by Crippen LogP contribution is 2.37. The third kappa shape index (κ3) is 9.17. The van der Waals surface area contributed by atoms with Gasteiger partial charge in [0.25, 0.3) is 0 Å². The molecule has 230 valence electrons. The van der Waals surface area contributed by atoms with Gasteiger partial charge in [-0.25, -0.2) is 4.39 Å². The number of pyridine rings is 1. The van der Waals surface area contributed by atoms with Crippen molar-refractivity contribution in [3.05, 3.63) is 42.2 Å². The number of rotatable bonds is 20. The third-order valence-electron chi connectivity index (χ3n) is 8.29. The van der Waals surface area contributed by atoms with Crippen LogP contribution in [-0.2, 0) is 24.0 Å². The van der Waals surface area contributed by atoms with Gasteiger partial charge in [0, 0.05) is 36.3 Å². The van der Waals surface area contributed by atoms with Crippen molar-refractivity contribution in [2.75, 3.05) is 13.3 Å². The van der Waals surface area contributed by atoms with E-state index >= 15 is 0 Å². The Balaban J connectivity index is 1.51. The predicted octanol–water partition coefficient (Wildman–Crippen LogP) is 7.72. The van der Waals surface area contributed by atoms with E-state index in [2.05, 4.69) is 17.1 Å². The van der Waals surface area contributed by atoms with Crippen LogP contribution in [-0.4, -0.2) is 47.1 Å². The molecule has 1 aliphatic heterocycles. The first kappa shape index (κ1) is 33.3. The smallest absolute Gasteiger partial charge is 0.306 e. The van der Waals surface area contributed by atoms with Crippen LogP contribution < -0.4 is 0 Å². The summed E-state index contributed by atoms with van der Waals surface area (Å²) in [7, 11) is 0. The summed E-state index contributed by atoms with van der Waals surface area (Å²) in [5, 5.41) is 6.14. The summed E-state index contributed by atoms with van der Waals surface area (Å²) in [6.45, 7) is 4.92. The van der Waals surface area contributed by atoms with E-state index in [0.717, 1.165) is 30.0 Å². The van der Waals surface area contributed by atoms with Gasteiger partial charge in [-0.05, 0) is 17.9 Å². The van der Waals surface area contributed by atoms with Crippen LogP contribution in [0.5, 0.6) is 0 Å². The number of ether oxygens (including phenoxy) is 1. The van der Waals surface area contributed by atoms with E-state index in [1.165, 1.54) is 44.9 Å². The van der Waals surface area contributed by atoms with E-state index in [1.807, 2.05) is 44.2 Å². The Bertz CT molecular complexity index is 1210. The standard InChI is InChI=1S/C34H47FN2O5/c1-4-5-6-7-8-9-10-11-12-15-20-41-32(40)22-27(30(38)24-35)21-31(39)34(25(2)3)23-29(37-42-34)33-28-17-14-13-16-26(28)18-19-36-33/h13-14,16-19,25,27H,4-12,15,20-24H2,1-3H3/t27-,34+/m0/s1. The van der Waals surface area contributed by atoms with Gasteiger partial charge in [-0.2, -0.15) is 0 Å². The maximum atomic E-state index is 13.7. The topological polar surface area (TPSA) is 94.9 Å². The Morgan fingerprint density at radius 1 is 0.952 bits per heavy atom. The summed E-state index contributed by atoms with van der Waals surface area (Å²) in [6, 6.07) is 9.66. The molecule has 2 aromatic rings. The van der Waals surface area contributed by atoms with Crippen molar-refractivity contribution in [2.45, 2.75) is 110 Å². The van der Waals surface area contributed by atoms with Gasteiger partial charge < -0.3 is 9.57 Å². The minimum Gasteiger partial charge on any atom is -0.466 e. The fourth-order valence-electron chi connectivity index (χ4n) is 5.55. The normalized spacial score (nSPS) is 17.2. The molecule has 1 aromatic heterocycles. The molecule has 0 radical (unpaired) electrons. The molecule has 0 fully saturated rings. The van der Waals surface area contributed by atoms with Crippen LogP contribution in [0.4, 0.5) is 4.39 Å². The van der Waals surface area contributed by atoms with Crippen molar-refractivity contribution in [2.24, 2.45) is 17.0 Å². The fourth-order valence-corrected chi connectivity index (χ4v) is 5.55. The number of alkyl halides is 1. The number of halogens is 1. The molecule has 0 N–H and O–H groups in total. The number of oxime groups is 1. The van der Waals surface area contributed by atoms with Gasteiger partial charge in [0.2, 0.25) is 5.60 Å². The molecule has 0 saturated heterocycles. The monoisotopic (exact) mass is 582 g/mol. The number of hydrogen-bond donors (Lipinski definition) is 0. The Morgan fingerprint density at radius 3 is 2.29 bits per heavy atom. The van der Waals surface area contributed by atoms with Gasteiger partial charge in [0.05, 0.1) is 18.7 Å². The zero-order valence-corrected chi connectivity index (χ0v) is 25.5. The van der Waals surface area contributed by atoms with Crippen LogP contribution in [0.15, 0.2) is 41.7 Å². The molecule has 0 bridgehead atoms. The first-order chi connectivity index (χ1) is 20.3. The molecule has 1 aromatic carbocycles. The van der Waals surface area contributed by atoms with Crippen LogP contribution >= 0.6 is 0 Å². The quantitative estimate of drug-likeness (QED) is 0.117. The zero-order chi connectivity index (χ0) is 30.4. The number of carbonyl (C=O) groups excluding carboxylic acids is 3. The lowest BCUT2D eigenvalue weighted by molar-refractivity contribution is -0.152. The van der Waals surface area contributed by atoms with Gasteiger partial charge in [-0.15, -0.1) is 0 Å². The largest absolute Gasteiger partial charge is 0.466 e. The molecule has 2 atom stereocenters. The number of Topliss-reactive ketones (excluding diaryl/α,β-unsaturated/α-hetero) is 2. The van der Waals surface area contributed by atoms with Gasteiger partial charge in [0.15, 0.2) is 11.6 Å². The molecule has 0 saturated carbocycles. The van der Waals surface area contributed by atoms with Crippen molar-refractivity contribution in [1.29, 1.82) is 0 Å². The van der Waals surface area contributed by atoms with E-state index in [4.69, 9.17) is 9.57 Å². The minimum atomic E-state index is -1.33. The van der Waals surface area contributed by atoms with E-state index in [-0.39, 0.29) is 37.6 Å². The molecular weight excluding hydrogens is 535 g/mol. The lowest BCUT2D eigenvalue weighted by Gasteiger charge is -2.30. The predicted molar refractivity (Wildman–Crippen MR) is 163 cm³/mol. The number of carbonyl (C=O) groups is 3.